The SMILES string of the molecule is Cc1ccccc1C(C)(N)CC1CC2CCC1C2. The highest BCUT2D eigenvalue weighted by atomic mass is 14.7. The molecular weight excluding hydrogens is 218 g/mol. The van der Waals surface area contributed by atoms with E-state index in [1.807, 2.05) is 0 Å². The third-order valence-corrected chi connectivity index (χ3v) is 5.33. The molecule has 0 radical (unpaired) electrons. The number of nitrogens with two attached hydrogens (primary N) is 1. The Balaban J connectivity index is 1.77. The van der Waals surface area contributed by atoms with Crippen molar-refractivity contribution < 1.29 is 0 Å². The molecule has 2 saturated carbocycles. The van der Waals surface area contributed by atoms with Crippen molar-refractivity contribution in [2.75, 3.05) is 0 Å². The van der Waals surface area contributed by atoms with Gasteiger partial charge in [-0.25, -0.2) is 0 Å². The molecule has 1 aromatic rings. The smallest absolute Gasteiger partial charge is 0.0386 e. The van der Waals surface area contributed by atoms with E-state index >= 15 is 0 Å². The van der Waals surface area contributed by atoms with Gasteiger partial charge in [-0.3, -0.25) is 0 Å². The lowest BCUT2D eigenvalue weighted by Gasteiger charge is -2.33. The summed E-state index contributed by atoms with van der Waals surface area (Å²) < 4.78 is 0. The number of rotatable bonds is 3. The number of benzene rings is 1. The van der Waals surface area contributed by atoms with Crippen molar-refractivity contribution in [3.8, 4) is 0 Å². The van der Waals surface area contributed by atoms with Crippen LogP contribution in [0.15, 0.2) is 24.3 Å². The Morgan fingerprint density at radius 1 is 1.22 bits per heavy atom. The van der Waals surface area contributed by atoms with Gasteiger partial charge in [0.05, 0.1) is 0 Å². The van der Waals surface area contributed by atoms with Crippen LogP contribution < -0.4 is 5.73 Å². The van der Waals surface area contributed by atoms with E-state index in [0.29, 0.717) is 0 Å². The Morgan fingerprint density at radius 3 is 2.61 bits per heavy atom. The summed E-state index contributed by atoms with van der Waals surface area (Å²) in [4.78, 5) is 0. The third-order valence-electron chi connectivity index (χ3n) is 5.33. The first kappa shape index (κ1) is 12.2. The first-order chi connectivity index (χ1) is 8.56. The molecule has 0 amide bonds. The van der Waals surface area contributed by atoms with Crippen LogP contribution in [0, 0.1) is 24.7 Å². The Kier molecular flexibility index (Phi) is 2.97. The molecule has 2 aliphatic carbocycles. The van der Waals surface area contributed by atoms with Crippen LogP contribution in [0.25, 0.3) is 0 Å². The van der Waals surface area contributed by atoms with Crippen molar-refractivity contribution in [2.45, 2.75) is 51.5 Å². The lowest BCUT2D eigenvalue weighted by atomic mass is 9.76. The molecule has 4 unspecified atom stereocenters. The first-order valence-corrected chi connectivity index (χ1v) is 7.41. The molecule has 0 aromatic heterocycles. The quantitative estimate of drug-likeness (QED) is 0.853. The van der Waals surface area contributed by atoms with E-state index in [1.165, 1.54) is 43.2 Å². The maximum Gasteiger partial charge on any atom is 0.0386 e. The van der Waals surface area contributed by atoms with Gasteiger partial charge in [0.25, 0.3) is 0 Å². The van der Waals surface area contributed by atoms with Crippen LogP contribution in [0.3, 0.4) is 0 Å². The molecule has 0 aliphatic heterocycles. The van der Waals surface area contributed by atoms with E-state index in [9.17, 15) is 0 Å². The molecule has 2 bridgehead atoms. The molecule has 1 nitrogen and oxygen atoms in total. The van der Waals surface area contributed by atoms with E-state index in [-0.39, 0.29) is 5.54 Å². The van der Waals surface area contributed by atoms with Crippen LogP contribution in [0.5, 0.6) is 0 Å². The van der Waals surface area contributed by atoms with Gasteiger partial charge in [-0.15, -0.1) is 0 Å². The average Bonchev–Trinajstić information content (AvgIpc) is 2.90. The lowest BCUT2D eigenvalue weighted by molar-refractivity contribution is 0.252. The minimum absolute atomic E-state index is 0.152. The van der Waals surface area contributed by atoms with Crippen LogP contribution in [0.2, 0.25) is 0 Å². The summed E-state index contributed by atoms with van der Waals surface area (Å²) in [6, 6.07) is 8.62. The van der Waals surface area contributed by atoms with Crippen molar-refractivity contribution in [1.82, 2.24) is 0 Å². The second-order valence-corrected chi connectivity index (χ2v) is 6.87. The fourth-order valence-corrected chi connectivity index (χ4v) is 4.49. The van der Waals surface area contributed by atoms with Gasteiger partial charge >= 0.3 is 0 Å². The largest absolute Gasteiger partial charge is 0.322 e. The molecule has 1 aromatic carbocycles. The second kappa shape index (κ2) is 4.38. The van der Waals surface area contributed by atoms with Crippen LogP contribution >= 0.6 is 0 Å². The van der Waals surface area contributed by atoms with Crippen LogP contribution in [0.4, 0.5) is 0 Å². The molecule has 4 atom stereocenters. The Bertz CT molecular complexity index is 435. The van der Waals surface area contributed by atoms with Gasteiger partial charge in [0.1, 0.15) is 0 Å². The zero-order valence-corrected chi connectivity index (χ0v) is 11.7. The molecular formula is C17H25N. The monoisotopic (exact) mass is 243 g/mol. The van der Waals surface area contributed by atoms with Gasteiger partial charge < -0.3 is 5.73 Å². The molecule has 0 saturated heterocycles. The number of fused-ring (bicyclic) bond motifs is 2. The van der Waals surface area contributed by atoms with E-state index in [0.717, 1.165) is 17.8 Å². The minimum atomic E-state index is -0.152. The maximum atomic E-state index is 6.65. The lowest BCUT2D eigenvalue weighted by Crippen LogP contribution is -2.37. The highest BCUT2D eigenvalue weighted by Crippen LogP contribution is 2.51. The molecule has 2 N–H and O–H groups in total. The Labute approximate surface area is 111 Å². The predicted octanol–water partition coefficient (Wildman–Crippen LogP) is 4.00. The van der Waals surface area contributed by atoms with Gasteiger partial charge in [-0.1, -0.05) is 30.7 Å². The predicted molar refractivity (Wildman–Crippen MR) is 76.3 cm³/mol. The fourth-order valence-electron chi connectivity index (χ4n) is 4.49. The summed E-state index contributed by atoms with van der Waals surface area (Å²) in [5, 5.41) is 0. The molecule has 1 heteroatoms. The van der Waals surface area contributed by atoms with Crippen LogP contribution in [-0.4, -0.2) is 0 Å². The van der Waals surface area contributed by atoms with Crippen molar-refractivity contribution in [1.29, 1.82) is 0 Å². The van der Waals surface area contributed by atoms with Crippen molar-refractivity contribution in [3.63, 3.8) is 0 Å². The zero-order chi connectivity index (χ0) is 12.8. The zero-order valence-electron chi connectivity index (χ0n) is 11.7. The van der Waals surface area contributed by atoms with Crippen molar-refractivity contribution >= 4 is 0 Å². The summed E-state index contributed by atoms with van der Waals surface area (Å²) in [6.07, 6.45) is 7.02. The summed E-state index contributed by atoms with van der Waals surface area (Å²) in [5.74, 6) is 2.87. The van der Waals surface area contributed by atoms with Gasteiger partial charge in [-0.05, 0) is 68.4 Å². The average molecular weight is 243 g/mol. The molecule has 98 valence electrons. The van der Waals surface area contributed by atoms with Gasteiger partial charge in [0.15, 0.2) is 0 Å². The van der Waals surface area contributed by atoms with Crippen molar-refractivity contribution in [2.24, 2.45) is 23.5 Å². The van der Waals surface area contributed by atoms with Crippen LogP contribution in [-0.2, 0) is 5.54 Å². The maximum absolute atomic E-state index is 6.65. The molecule has 2 aliphatic rings. The second-order valence-electron chi connectivity index (χ2n) is 6.87. The summed E-state index contributed by atoms with van der Waals surface area (Å²) >= 11 is 0. The van der Waals surface area contributed by atoms with E-state index in [2.05, 4.69) is 38.1 Å². The van der Waals surface area contributed by atoms with E-state index in [4.69, 9.17) is 5.73 Å². The van der Waals surface area contributed by atoms with E-state index < -0.39 is 0 Å². The number of hydrogen-bond acceptors (Lipinski definition) is 1. The molecule has 3 rings (SSSR count). The Hall–Kier alpha value is -0.820. The molecule has 0 heterocycles. The van der Waals surface area contributed by atoms with E-state index in [1.54, 1.807) is 0 Å². The summed E-state index contributed by atoms with van der Waals surface area (Å²) in [5.41, 5.74) is 9.18. The third kappa shape index (κ3) is 2.09. The normalized spacial score (nSPS) is 33.6. The molecule has 18 heavy (non-hydrogen) atoms. The van der Waals surface area contributed by atoms with Crippen LogP contribution in [0.1, 0.15) is 50.2 Å². The number of aryl methyl sites for hydroxylation is 1. The standard InChI is InChI=1S/C17H25N/c1-12-5-3-4-6-16(12)17(2,18)11-15-10-13-7-8-14(15)9-13/h3-6,13-15H,7-11,18H2,1-2H3. The molecule has 0 spiro atoms. The minimum Gasteiger partial charge on any atom is -0.322 e. The number of hydrogen-bond donors (Lipinski definition) is 1. The van der Waals surface area contributed by atoms with Crippen molar-refractivity contribution in [3.05, 3.63) is 35.4 Å². The highest BCUT2D eigenvalue weighted by molar-refractivity contribution is 5.32. The first-order valence-electron chi connectivity index (χ1n) is 7.41. The summed E-state index contributed by atoms with van der Waals surface area (Å²) in [6.45, 7) is 4.41. The van der Waals surface area contributed by atoms with Gasteiger partial charge in [0.2, 0.25) is 0 Å². The summed E-state index contributed by atoms with van der Waals surface area (Å²) in [7, 11) is 0. The van der Waals surface area contributed by atoms with Gasteiger partial charge in [0, 0.05) is 5.54 Å². The fraction of sp³-hybridized carbons (Fsp3) is 0.647. The Morgan fingerprint density at radius 2 is 2.00 bits per heavy atom. The topological polar surface area (TPSA) is 26.0 Å². The van der Waals surface area contributed by atoms with Gasteiger partial charge in [-0.2, -0.15) is 0 Å². The molecule has 2 fully saturated rings. The highest BCUT2D eigenvalue weighted by Gasteiger charge is 2.42.